The number of carbonyl (C=O) groups is 3. The molecule has 0 aromatic heterocycles. The average molecular weight is 462 g/mol. The van der Waals surface area contributed by atoms with Crippen LogP contribution in [-0.4, -0.2) is 29.4 Å². The van der Waals surface area contributed by atoms with E-state index < -0.39 is 18.5 Å². The second-order valence-electron chi connectivity index (χ2n) is 8.90. The molecule has 0 amide bonds. The van der Waals surface area contributed by atoms with Crippen molar-refractivity contribution < 1.29 is 24.2 Å². The second kappa shape index (κ2) is 19.1. The lowest BCUT2D eigenvalue weighted by Crippen LogP contribution is -2.12. The van der Waals surface area contributed by atoms with Gasteiger partial charge >= 0.3 is 11.9 Å². The first-order valence-corrected chi connectivity index (χ1v) is 12.7. The van der Waals surface area contributed by atoms with Gasteiger partial charge in [-0.25, -0.2) is 4.79 Å². The summed E-state index contributed by atoms with van der Waals surface area (Å²) in [5.41, 5.74) is 7.11. The van der Waals surface area contributed by atoms with Crippen molar-refractivity contribution >= 4 is 23.4 Å². The zero-order valence-electron chi connectivity index (χ0n) is 20.2. The highest BCUT2D eigenvalue weighted by molar-refractivity contribution is 5.96. The number of ketones is 1. The molecule has 0 bridgehead atoms. The Balaban J connectivity index is 1.77. The molecule has 0 aliphatic heterocycles. The van der Waals surface area contributed by atoms with Gasteiger partial charge in [0.25, 0.3) is 0 Å². The number of carboxylic acid groups (broad SMARTS) is 1. The first-order valence-electron chi connectivity index (χ1n) is 12.7. The molecule has 6 nitrogen and oxygen atoms in total. The van der Waals surface area contributed by atoms with Gasteiger partial charge in [-0.15, -0.1) is 0 Å². The Labute approximate surface area is 199 Å². The largest absolute Gasteiger partial charge is 0.479 e. The molecule has 33 heavy (non-hydrogen) atoms. The third kappa shape index (κ3) is 16.9. The zero-order chi connectivity index (χ0) is 24.2. The van der Waals surface area contributed by atoms with E-state index in [1.54, 1.807) is 12.1 Å². The van der Waals surface area contributed by atoms with E-state index in [0.717, 1.165) is 37.7 Å². The highest BCUT2D eigenvalue weighted by Crippen LogP contribution is 2.15. The molecular formula is C27H43NO5. The van der Waals surface area contributed by atoms with E-state index in [9.17, 15) is 14.4 Å². The Bertz CT molecular complexity index is 672. The standard InChI is InChI=1S/C27H43NO5/c28-24-20-18-23(19-21-24)25(29)16-14-12-10-8-6-4-2-1-3-5-7-9-11-13-15-17-27(32)33-22-26(30)31/h18-21H,1-17,22,28H2,(H,30,31). The maximum Gasteiger partial charge on any atom is 0.341 e. The van der Waals surface area contributed by atoms with E-state index in [4.69, 9.17) is 10.8 Å². The molecule has 0 saturated carbocycles. The molecule has 0 atom stereocenters. The van der Waals surface area contributed by atoms with E-state index in [-0.39, 0.29) is 5.78 Å². The van der Waals surface area contributed by atoms with Crippen molar-refractivity contribution in [1.82, 2.24) is 0 Å². The van der Waals surface area contributed by atoms with E-state index in [2.05, 4.69) is 4.74 Å². The van der Waals surface area contributed by atoms with E-state index in [1.165, 1.54) is 64.2 Å². The molecule has 0 radical (unpaired) electrons. The van der Waals surface area contributed by atoms with Crippen LogP contribution in [0.1, 0.15) is 120 Å². The van der Waals surface area contributed by atoms with Crippen molar-refractivity contribution in [2.45, 2.75) is 109 Å². The lowest BCUT2D eigenvalue weighted by atomic mass is 10.0. The number of hydrogen-bond donors (Lipinski definition) is 2. The first-order chi connectivity index (χ1) is 16.0. The number of anilines is 1. The summed E-state index contributed by atoms with van der Waals surface area (Å²) in [4.78, 5) is 33.7. The van der Waals surface area contributed by atoms with Gasteiger partial charge in [-0.2, -0.15) is 0 Å². The van der Waals surface area contributed by atoms with Crippen LogP contribution in [0, 0.1) is 0 Å². The number of rotatable bonds is 21. The molecule has 0 fully saturated rings. The third-order valence-electron chi connectivity index (χ3n) is 5.87. The molecule has 0 unspecified atom stereocenters. The van der Waals surface area contributed by atoms with E-state index >= 15 is 0 Å². The highest BCUT2D eigenvalue weighted by atomic mass is 16.5. The Kier molecular flexibility index (Phi) is 16.6. The Morgan fingerprint density at radius 2 is 1.03 bits per heavy atom. The number of unbranched alkanes of at least 4 members (excludes halogenated alkanes) is 14. The fourth-order valence-corrected chi connectivity index (χ4v) is 3.88. The van der Waals surface area contributed by atoms with Crippen LogP contribution in [0.4, 0.5) is 5.69 Å². The van der Waals surface area contributed by atoms with Gasteiger partial charge < -0.3 is 15.6 Å². The summed E-state index contributed by atoms with van der Waals surface area (Å²) in [7, 11) is 0. The van der Waals surface area contributed by atoms with E-state index in [1.807, 2.05) is 12.1 Å². The van der Waals surface area contributed by atoms with Crippen LogP contribution >= 0.6 is 0 Å². The summed E-state index contributed by atoms with van der Waals surface area (Å²) in [6.07, 6.45) is 18.7. The summed E-state index contributed by atoms with van der Waals surface area (Å²) in [5.74, 6) is -1.31. The minimum absolute atomic E-state index is 0.215. The lowest BCUT2D eigenvalue weighted by Gasteiger charge is -2.04. The molecule has 1 aromatic carbocycles. The molecule has 0 spiro atoms. The number of Topliss-reactive ketones (excluding diaryl/α,β-unsaturated/α-hetero) is 1. The minimum atomic E-state index is -1.11. The lowest BCUT2D eigenvalue weighted by molar-refractivity contribution is -0.155. The van der Waals surface area contributed by atoms with Crippen molar-refractivity contribution in [2.75, 3.05) is 12.3 Å². The van der Waals surface area contributed by atoms with Crippen molar-refractivity contribution in [3.05, 3.63) is 29.8 Å². The number of nitrogens with two attached hydrogens (primary N) is 1. The van der Waals surface area contributed by atoms with Crippen molar-refractivity contribution in [3.63, 3.8) is 0 Å². The van der Waals surface area contributed by atoms with E-state index in [0.29, 0.717) is 18.5 Å². The van der Waals surface area contributed by atoms with Gasteiger partial charge in [0.15, 0.2) is 12.4 Å². The maximum absolute atomic E-state index is 12.1. The minimum Gasteiger partial charge on any atom is -0.479 e. The van der Waals surface area contributed by atoms with Gasteiger partial charge in [0, 0.05) is 24.1 Å². The third-order valence-corrected chi connectivity index (χ3v) is 5.87. The number of hydrogen-bond acceptors (Lipinski definition) is 5. The van der Waals surface area contributed by atoms with Crippen LogP contribution in [0.25, 0.3) is 0 Å². The normalized spacial score (nSPS) is 10.8. The number of benzene rings is 1. The molecule has 1 rings (SSSR count). The predicted molar refractivity (Wildman–Crippen MR) is 132 cm³/mol. The number of esters is 1. The summed E-state index contributed by atoms with van der Waals surface area (Å²) >= 11 is 0. The van der Waals surface area contributed by atoms with Crippen LogP contribution in [0.2, 0.25) is 0 Å². The monoisotopic (exact) mass is 461 g/mol. The smallest absolute Gasteiger partial charge is 0.341 e. The molecule has 1 aromatic rings. The maximum atomic E-state index is 12.1. The molecule has 0 heterocycles. The Morgan fingerprint density at radius 1 is 0.636 bits per heavy atom. The summed E-state index contributed by atoms with van der Waals surface area (Å²) in [6.45, 7) is -0.535. The fraction of sp³-hybridized carbons (Fsp3) is 0.667. The number of ether oxygens (including phenoxy) is 1. The van der Waals surface area contributed by atoms with Crippen LogP contribution < -0.4 is 5.73 Å². The first kappa shape index (κ1) is 28.7. The molecule has 186 valence electrons. The molecule has 0 aliphatic carbocycles. The molecular weight excluding hydrogens is 418 g/mol. The number of carboxylic acids is 1. The van der Waals surface area contributed by atoms with Gasteiger partial charge in [-0.3, -0.25) is 9.59 Å². The molecule has 0 aliphatic rings. The van der Waals surface area contributed by atoms with Gasteiger partial charge in [-0.05, 0) is 37.1 Å². The van der Waals surface area contributed by atoms with Crippen LogP contribution in [-0.2, 0) is 14.3 Å². The summed E-state index contributed by atoms with van der Waals surface area (Å²) < 4.78 is 4.60. The van der Waals surface area contributed by atoms with Gasteiger partial charge in [0.2, 0.25) is 0 Å². The quantitative estimate of drug-likeness (QED) is 0.0911. The summed E-state index contributed by atoms with van der Waals surface area (Å²) in [6, 6.07) is 7.19. The Morgan fingerprint density at radius 3 is 1.45 bits per heavy atom. The highest BCUT2D eigenvalue weighted by Gasteiger charge is 2.06. The van der Waals surface area contributed by atoms with Gasteiger partial charge in [0.1, 0.15) is 0 Å². The van der Waals surface area contributed by atoms with Crippen molar-refractivity contribution in [1.29, 1.82) is 0 Å². The molecule has 0 saturated heterocycles. The van der Waals surface area contributed by atoms with Crippen molar-refractivity contribution in [3.8, 4) is 0 Å². The topological polar surface area (TPSA) is 107 Å². The van der Waals surface area contributed by atoms with Crippen LogP contribution in [0.3, 0.4) is 0 Å². The summed E-state index contributed by atoms with van der Waals surface area (Å²) in [5, 5.41) is 8.44. The van der Waals surface area contributed by atoms with Crippen LogP contribution in [0.5, 0.6) is 0 Å². The predicted octanol–water partition coefficient (Wildman–Crippen LogP) is 6.71. The molecule has 6 heteroatoms. The SMILES string of the molecule is Nc1ccc(C(=O)CCCCCCCCCCCCCCCCCC(=O)OCC(=O)O)cc1. The fourth-order valence-electron chi connectivity index (χ4n) is 3.88. The number of aliphatic carboxylic acids is 1. The molecule has 3 N–H and O–H groups in total. The zero-order valence-corrected chi connectivity index (χ0v) is 20.2. The number of carbonyl (C=O) groups excluding carboxylic acids is 2. The van der Waals surface area contributed by atoms with Crippen LogP contribution in [0.15, 0.2) is 24.3 Å². The second-order valence-corrected chi connectivity index (χ2v) is 8.90. The van der Waals surface area contributed by atoms with Gasteiger partial charge in [0.05, 0.1) is 0 Å². The number of nitrogen functional groups attached to an aromatic ring is 1. The van der Waals surface area contributed by atoms with Crippen molar-refractivity contribution in [2.24, 2.45) is 0 Å². The Hall–Kier alpha value is -2.37. The van der Waals surface area contributed by atoms with Gasteiger partial charge in [-0.1, -0.05) is 83.5 Å². The average Bonchev–Trinajstić information content (AvgIpc) is 2.80.